The minimum Gasteiger partial charge on any atom is -0.508 e. The van der Waals surface area contributed by atoms with Crippen LogP contribution < -0.4 is 4.90 Å². The number of aromatic nitrogens is 3. The molecule has 1 aromatic carbocycles. The van der Waals surface area contributed by atoms with Gasteiger partial charge in [-0.15, -0.1) is 11.3 Å². The lowest BCUT2D eigenvalue weighted by molar-refractivity contribution is -0.136. The normalized spacial score (nSPS) is 20.3. The molecule has 36 heavy (non-hydrogen) atoms. The number of halogens is 1. The number of fused-ring (bicyclic) bond motifs is 1. The van der Waals surface area contributed by atoms with Crippen LogP contribution >= 0.6 is 22.9 Å². The molecule has 1 spiro atoms. The summed E-state index contributed by atoms with van der Waals surface area (Å²) < 4.78 is 0. The summed E-state index contributed by atoms with van der Waals surface area (Å²) in [7, 11) is 0. The largest absolute Gasteiger partial charge is 0.508 e. The molecule has 3 aromatic rings. The lowest BCUT2D eigenvalue weighted by Gasteiger charge is -2.47. The Bertz CT molecular complexity index is 1370. The van der Waals surface area contributed by atoms with E-state index in [1.165, 1.54) is 11.0 Å². The number of carbonyl (C=O) groups excluding carboxylic acids is 1. The number of anilines is 1. The molecule has 2 fully saturated rings. The molecule has 0 bridgehead atoms. The van der Waals surface area contributed by atoms with Crippen LogP contribution in [-0.4, -0.2) is 57.0 Å². The number of thiazole rings is 1. The SMILES string of the molecule is C=CC(=O)N1CC2(CCN(c3nc4c(c(-c5cc(O)ccc5Cl)n3)CC[C@H](c3scnc3C)C4)C2)C1. The predicted molar refractivity (Wildman–Crippen MR) is 142 cm³/mol. The molecule has 2 aliphatic heterocycles. The zero-order chi connectivity index (χ0) is 25.0. The summed E-state index contributed by atoms with van der Waals surface area (Å²) in [5.74, 6) is 1.25. The summed E-state index contributed by atoms with van der Waals surface area (Å²) in [6.45, 7) is 8.85. The minimum atomic E-state index is -0.00526. The number of likely N-dealkylation sites (tertiary alicyclic amines) is 1. The summed E-state index contributed by atoms with van der Waals surface area (Å²) in [6, 6.07) is 5.02. The Balaban J connectivity index is 1.37. The first kappa shape index (κ1) is 23.4. The number of carbonyl (C=O) groups is 1. The predicted octanol–water partition coefficient (Wildman–Crippen LogP) is 4.76. The number of hydrogen-bond donors (Lipinski definition) is 1. The highest BCUT2D eigenvalue weighted by atomic mass is 35.5. The lowest BCUT2D eigenvalue weighted by atomic mass is 9.79. The van der Waals surface area contributed by atoms with Gasteiger partial charge in [-0.3, -0.25) is 4.79 Å². The van der Waals surface area contributed by atoms with E-state index >= 15 is 0 Å². The fourth-order valence-electron chi connectivity index (χ4n) is 6.00. The van der Waals surface area contributed by atoms with Gasteiger partial charge in [0.15, 0.2) is 0 Å². The van der Waals surface area contributed by atoms with Crippen molar-refractivity contribution in [3.8, 4) is 17.0 Å². The zero-order valence-corrected chi connectivity index (χ0v) is 21.8. The van der Waals surface area contributed by atoms with Crippen LogP contribution in [-0.2, 0) is 17.6 Å². The standard InChI is InChI=1S/C27H28ClN5O2S/c1-3-23(35)33-13-27(14-33)8-9-32(12-27)26-30-22-10-17(25-16(2)29-15-36-25)4-6-19(22)24(31-26)20-11-18(34)5-7-21(20)28/h3,5,7,11,15,17,34H,1,4,6,8-10,12-14H2,2H3/t17-/m0/s1. The van der Waals surface area contributed by atoms with Crippen LogP contribution in [0, 0.1) is 12.3 Å². The van der Waals surface area contributed by atoms with Crippen molar-refractivity contribution in [1.82, 2.24) is 19.9 Å². The molecule has 0 unspecified atom stereocenters. The number of nitrogens with zero attached hydrogens (tertiary/aromatic N) is 5. The highest BCUT2D eigenvalue weighted by Gasteiger charge is 2.49. The molecular formula is C27H28ClN5O2S. The second kappa shape index (κ2) is 8.85. The first-order valence-electron chi connectivity index (χ1n) is 12.3. The van der Waals surface area contributed by atoms with Crippen molar-refractivity contribution in [3.63, 3.8) is 0 Å². The van der Waals surface area contributed by atoms with Crippen LogP contribution in [0.5, 0.6) is 5.75 Å². The van der Waals surface area contributed by atoms with E-state index in [0.29, 0.717) is 16.9 Å². The fourth-order valence-corrected chi connectivity index (χ4v) is 7.15. The second-order valence-corrected chi connectivity index (χ2v) is 11.6. The molecule has 1 aliphatic carbocycles. The van der Waals surface area contributed by atoms with E-state index in [9.17, 15) is 9.90 Å². The molecule has 1 atom stereocenters. The van der Waals surface area contributed by atoms with Crippen molar-refractivity contribution in [2.24, 2.45) is 5.41 Å². The maximum Gasteiger partial charge on any atom is 0.245 e. The van der Waals surface area contributed by atoms with E-state index in [1.807, 2.05) is 10.4 Å². The summed E-state index contributed by atoms with van der Waals surface area (Å²) in [5.41, 5.74) is 6.83. The van der Waals surface area contributed by atoms with Crippen molar-refractivity contribution in [2.75, 3.05) is 31.1 Å². The quantitative estimate of drug-likeness (QED) is 0.498. The molecule has 1 amide bonds. The minimum absolute atomic E-state index is 0.00526. The Morgan fingerprint density at radius 3 is 2.89 bits per heavy atom. The maximum atomic E-state index is 12.0. The molecule has 0 radical (unpaired) electrons. The molecule has 7 nitrogen and oxygen atoms in total. The van der Waals surface area contributed by atoms with Crippen molar-refractivity contribution in [1.29, 1.82) is 0 Å². The van der Waals surface area contributed by atoms with Gasteiger partial charge < -0.3 is 14.9 Å². The van der Waals surface area contributed by atoms with Crippen LogP contribution in [0.4, 0.5) is 5.95 Å². The van der Waals surface area contributed by atoms with E-state index in [4.69, 9.17) is 21.6 Å². The van der Waals surface area contributed by atoms with Crippen molar-refractivity contribution < 1.29 is 9.90 Å². The Kier molecular flexibility index (Phi) is 5.76. The van der Waals surface area contributed by atoms with Gasteiger partial charge in [-0.05, 0) is 56.9 Å². The van der Waals surface area contributed by atoms with E-state index in [2.05, 4.69) is 23.4 Å². The second-order valence-electron chi connectivity index (χ2n) is 10.3. The molecule has 6 rings (SSSR count). The first-order chi connectivity index (χ1) is 17.4. The molecule has 2 aromatic heterocycles. The molecule has 3 aliphatic rings. The van der Waals surface area contributed by atoms with E-state index in [-0.39, 0.29) is 17.1 Å². The Morgan fingerprint density at radius 1 is 1.31 bits per heavy atom. The van der Waals surface area contributed by atoms with Crippen molar-refractivity contribution in [3.05, 3.63) is 63.2 Å². The van der Waals surface area contributed by atoms with Crippen LogP contribution in [0.2, 0.25) is 5.02 Å². The number of amides is 1. The van der Waals surface area contributed by atoms with Gasteiger partial charge in [0.1, 0.15) is 5.75 Å². The topological polar surface area (TPSA) is 82.5 Å². The van der Waals surface area contributed by atoms with Gasteiger partial charge in [-0.1, -0.05) is 18.2 Å². The van der Waals surface area contributed by atoms with Crippen molar-refractivity contribution in [2.45, 2.75) is 38.5 Å². The number of phenols is 1. The summed E-state index contributed by atoms with van der Waals surface area (Å²) >= 11 is 8.34. The van der Waals surface area contributed by atoms with E-state index < -0.39 is 0 Å². The van der Waals surface area contributed by atoms with Gasteiger partial charge >= 0.3 is 0 Å². The molecular weight excluding hydrogens is 494 g/mol. The third-order valence-corrected chi connectivity index (χ3v) is 9.31. The summed E-state index contributed by atoms with van der Waals surface area (Å²) in [5, 5.41) is 10.8. The highest BCUT2D eigenvalue weighted by Crippen LogP contribution is 2.44. The third-order valence-electron chi connectivity index (χ3n) is 7.88. The number of hydrogen-bond acceptors (Lipinski definition) is 7. The van der Waals surface area contributed by atoms with Gasteiger partial charge in [0.2, 0.25) is 11.9 Å². The number of aromatic hydroxyl groups is 1. The molecule has 1 N–H and O–H groups in total. The summed E-state index contributed by atoms with van der Waals surface area (Å²) in [4.78, 5) is 32.1. The van der Waals surface area contributed by atoms with Crippen molar-refractivity contribution >= 4 is 34.8 Å². The summed E-state index contributed by atoms with van der Waals surface area (Å²) in [6.07, 6.45) is 5.07. The number of phenolic OH excluding ortho intramolecular Hbond substituents is 1. The number of benzene rings is 1. The smallest absolute Gasteiger partial charge is 0.245 e. The molecule has 4 heterocycles. The average molecular weight is 522 g/mol. The monoisotopic (exact) mass is 521 g/mol. The molecule has 186 valence electrons. The molecule has 2 saturated heterocycles. The van der Waals surface area contributed by atoms with E-state index in [1.54, 1.807) is 29.5 Å². The molecule has 9 heteroatoms. The number of rotatable bonds is 4. The van der Waals surface area contributed by atoms with Crippen LogP contribution in [0.25, 0.3) is 11.3 Å². The van der Waals surface area contributed by atoms with Gasteiger partial charge in [-0.2, -0.15) is 0 Å². The van der Waals surface area contributed by atoms with Gasteiger partial charge in [-0.25, -0.2) is 15.0 Å². The maximum absolute atomic E-state index is 12.0. The van der Waals surface area contributed by atoms with Gasteiger partial charge in [0, 0.05) is 53.5 Å². The van der Waals surface area contributed by atoms with Gasteiger partial charge in [0.05, 0.1) is 27.6 Å². The Labute approximate surface area is 219 Å². The van der Waals surface area contributed by atoms with Gasteiger partial charge in [0.25, 0.3) is 0 Å². The van der Waals surface area contributed by atoms with Crippen LogP contribution in [0.15, 0.2) is 36.4 Å². The van der Waals surface area contributed by atoms with Crippen LogP contribution in [0.3, 0.4) is 0 Å². The fraction of sp³-hybridized carbons (Fsp3) is 0.407. The molecule has 0 saturated carbocycles. The Hall–Kier alpha value is -2.97. The highest BCUT2D eigenvalue weighted by molar-refractivity contribution is 7.09. The Morgan fingerprint density at radius 2 is 2.14 bits per heavy atom. The lowest BCUT2D eigenvalue weighted by Crippen LogP contribution is -2.59. The first-order valence-corrected chi connectivity index (χ1v) is 13.6. The number of aryl methyl sites for hydroxylation is 1. The van der Waals surface area contributed by atoms with E-state index in [0.717, 1.165) is 80.1 Å². The van der Waals surface area contributed by atoms with Crippen LogP contribution in [0.1, 0.15) is 40.6 Å². The third kappa shape index (κ3) is 3.96. The average Bonchev–Trinajstić information content (AvgIpc) is 3.50. The zero-order valence-electron chi connectivity index (χ0n) is 20.2.